The second kappa shape index (κ2) is 16.3. The number of amides is 2. The van der Waals surface area contributed by atoms with Crippen molar-refractivity contribution in [2.75, 3.05) is 50.3 Å². The standard InChI is InChI=1S/C36H40N2O6/c1-5-41-19-21-43-33-13-9-7-11-29(33)35(39)37-31-17-15-27(23-25(31)3)28-16-18-32(26(4)24-28)38-36(40)30-12-8-10-14-34(30)44-22-20-42-6-2/h7-18,23-24H,5-6,19-22H2,1-4H3,(H,37,39)(H,38,40). The van der Waals surface area contributed by atoms with Crippen molar-refractivity contribution in [3.8, 4) is 22.6 Å². The first-order valence-electron chi connectivity index (χ1n) is 14.8. The number of hydrogen-bond donors (Lipinski definition) is 2. The molecule has 0 aliphatic rings. The third-order valence-corrected chi connectivity index (χ3v) is 6.92. The van der Waals surface area contributed by atoms with Crippen molar-refractivity contribution in [2.45, 2.75) is 27.7 Å². The molecule has 0 aliphatic heterocycles. The van der Waals surface area contributed by atoms with Crippen molar-refractivity contribution in [2.24, 2.45) is 0 Å². The average Bonchev–Trinajstić information content (AvgIpc) is 3.03. The fourth-order valence-electron chi connectivity index (χ4n) is 4.62. The van der Waals surface area contributed by atoms with Crippen LogP contribution in [0.4, 0.5) is 11.4 Å². The van der Waals surface area contributed by atoms with E-state index < -0.39 is 0 Å². The van der Waals surface area contributed by atoms with E-state index in [0.29, 0.717) is 73.6 Å². The fraction of sp³-hybridized carbons (Fsp3) is 0.278. The zero-order valence-corrected chi connectivity index (χ0v) is 25.8. The lowest BCUT2D eigenvalue weighted by atomic mass is 9.99. The van der Waals surface area contributed by atoms with Crippen LogP contribution in [0.15, 0.2) is 84.9 Å². The number of ether oxygens (including phenoxy) is 4. The Morgan fingerprint density at radius 3 is 1.36 bits per heavy atom. The molecule has 0 heterocycles. The number of anilines is 2. The highest BCUT2D eigenvalue weighted by Gasteiger charge is 2.16. The summed E-state index contributed by atoms with van der Waals surface area (Å²) in [5, 5.41) is 6.03. The van der Waals surface area contributed by atoms with Crippen LogP contribution in [0.2, 0.25) is 0 Å². The lowest BCUT2D eigenvalue weighted by molar-refractivity contribution is 0.0992. The molecule has 0 spiro atoms. The van der Waals surface area contributed by atoms with E-state index in [2.05, 4.69) is 10.6 Å². The average molecular weight is 597 g/mol. The van der Waals surface area contributed by atoms with E-state index >= 15 is 0 Å². The molecule has 4 aromatic rings. The maximum Gasteiger partial charge on any atom is 0.259 e. The van der Waals surface area contributed by atoms with Crippen LogP contribution in [0.25, 0.3) is 11.1 Å². The molecule has 4 aromatic carbocycles. The first-order chi connectivity index (χ1) is 21.4. The van der Waals surface area contributed by atoms with Gasteiger partial charge in [-0.1, -0.05) is 36.4 Å². The Morgan fingerprint density at radius 2 is 0.977 bits per heavy atom. The lowest BCUT2D eigenvalue weighted by Crippen LogP contribution is -2.16. The molecule has 4 rings (SSSR count). The summed E-state index contributed by atoms with van der Waals surface area (Å²) in [4.78, 5) is 26.3. The van der Waals surface area contributed by atoms with Crippen molar-refractivity contribution < 1.29 is 28.5 Å². The van der Waals surface area contributed by atoms with Crippen LogP contribution in [0, 0.1) is 13.8 Å². The van der Waals surface area contributed by atoms with E-state index in [-0.39, 0.29) is 11.8 Å². The molecule has 8 heteroatoms. The van der Waals surface area contributed by atoms with Gasteiger partial charge in [0, 0.05) is 24.6 Å². The molecule has 0 aliphatic carbocycles. The number of carbonyl (C=O) groups is 2. The first kappa shape index (κ1) is 32.3. The summed E-state index contributed by atoms with van der Waals surface area (Å²) < 4.78 is 22.2. The van der Waals surface area contributed by atoms with Gasteiger partial charge in [-0.05, 0) is 98.5 Å². The quantitative estimate of drug-likeness (QED) is 0.140. The van der Waals surface area contributed by atoms with Crippen LogP contribution in [0.3, 0.4) is 0 Å². The highest BCUT2D eigenvalue weighted by molar-refractivity contribution is 6.07. The molecule has 44 heavy (non-hydrogen) atoms. The smallest absolute Gasteiger partial charge is 0.259 e. The monoisotopic (exact) mass is 596 g/mol. The molecule has 0 unspecified atom stereocenters. The molecule has 0 saturated carbocycles. The minimum Gasteiger partial charge on any atom is -0.490 e. The summed E-state index contributed by atoms with van der Waals surface area (Å²) in [6.07, 6.45) is 0. The molecule has 0 fully saturated rings. The Morgan fingerprint density at radius 1 is 0.568 bits per heavy atom. The van der Waals surface area contributed by atoms with Gasteiger partial charge in [0.2, 0.25) is 0 Å². The molecule has 0 radical (unpaired) electrons. The summed E-state index contributed by atoms with van der Waals surface area (Å²) in [6.45, 7) is 10.6. The van der Waals surface area contributed by atoms with Gasteiger partial charge in [0.05, 0.1) is 24.3 Å². The van der Waals surface area contributed by atoms with Crippen LogP contribution in [0.1, 0.15) is 45.7 Å². The zero-order chi connectivity index (χ0) is 31.3. The van der Waals surface area contributed by atoms with Crippen LogP contribution in [0.5, 0.6) is 11.5 Å². The number of rotatable bonds is 15. The molecule has 2 N–H and O–H groups in total. The van der Waals surface area contributed by atoms with Crippen LogP contribution in [-0.2, 0) is 9.47 Å². The van der Waals surface area contributed by atoms with Crippen LogP contribution < -0.4 is 20.1 Å². The van der Waals surface area contributed by atoms with E-state index in [0.717, 1.165) is 22.3 Å². The molecular formula is C36H40N2O6. The molecule has 2 amide bonds. The Labute approximate surface area is 259 Å². The maximum absolute atomic E-state index is 13.1. The lowest BCUT2D eigenvalue weighted by Gasteiger charge is -2.15. The van der Waals surface area contributed by atoms with Crippen molar-refractivity contribution in [1.29, 1.82) is 0 Å². The van der Waals surface area contributed by atoms with Gasteiger partial charge in [0.25, 0.3) is 11.8 Å². The Bertz CT molecular complexity index is 1450. The Balaban J connectivity index is 1.42. The summed E-state index contributed by atoms with van der Waals surface area (Å²) in [7, 11) is 0. The fourth-order valence-corrected chi connectivity index (χ4v) is 4.62. The van der Waals surface area contributed by atoms with Crippen molar-refractivity contribution in [1.82, 2.24) is 0 Å². The number of aryl methyl sites for hydroxylation is 2. The molecule has 0 saturated heterocycles. The zero-order valence-electron chi connectivity index (χ0n) is 25.8. The van der Waals surface area contributed by atoms with E-state index in [4.69, 9.17) is 18.9 Å². The van der Waals surface area contributed by atoms with Gasteiger partial charge in [0.1, 0.15) is 24.7 Å². The van der Waals surface area contributed by atoms with Gasteiger partial charge in [0.15, 0.2) is 0 Å². The van der Waals surface area contributed by atoms with Gasteiger partial charge < -0.3 is 29.6 Å². The number of nitrogens with one attached hydrogen (secondary N) is 2. The van der Waals surface area contributed by atoms with Crippen molar-refractivity contribution in [3.05, 3.63) is 107 Å². The third kappa shape index (κ3) is 8.69. The van der Waals surface area contributed by atoms with Crippen LogP contribution in [-0.4, -0.2) is 51.5 Å². The second-order valence-corrected chi connectivity index (χ2v) is 10.1. The van der Waals surface area contributed by atoms with Crippen molar-refractivity contribution >= 4 is 23.2 Å². The van der Waals surface area contributed by atoms with Crippen LogP contribution >= 0.6 is 0 Å². The predicted molar refractivity (Wildman–Crippen MR) is 174 cm³/mol. The molecule has 8 nitrogen and oxygen atoms in total. The number of benzene rings is 4. The second-order valence-electron chi connectivity index (χ2n) is 10.1. The van der Waals surface area contributed by atoms with E-state index in [1.54, 1.807) is 24.3 Å². The first-order valence-corrected chi connectivity index (χ1v) is 14.8. The van der Waals surface area contributed by atoms with E-state index in [1.807, 2.05) is 88.4 Å². The maximum atomic E-state index is 13.1. The number of carbonyl (C=O) groups excluding carboxylic acids is 2. The number of para-hydroxylation sites is 2. The summed E-state index contributed by atoms with van der Waals surface area (Å²) in [5.41, 5.74) is 6.17. The molecule has 230 valence electrons. The van der Waals surface area contributed by atoms with Gasteiger partial charge in [-0.25, -0.2) is 0 Å². The van der Waals surface area contributed by atoms with Gasteiger partial charge in [-0.15, -0.1) is 0 Å². The van der Waals surface area contributed by atoms with E-state index in [1.165, 1.54) is 0 Å². The highest BCUT2D eigenvalue weighted by atomic mass is 16.5. The van der Waals surface area contributed by atoms with Gasteiger partial charge in [-0.3, -0.25) is 9.59 Å². The predicted octanol–water partition coefficient (Wildman–Crippen LogP) is 7.31. The summed E-state index contributed by atoms with van der Waals surface area (Å²) >= 11 is 0. The highest BCUT2D eigenvalue weighted by Crippen LogP contribution is 2.30. The summed E-state index contributed by atoms with van der Waals surface area (Å²) in [5.74, 6) is 0.536. The minimum absolute atomic E-state index is 0.245. The van der Waals surface area contributed by atoms with Crippen molar-refractivity contribution in [3.63, 3.8) is 0 Å². The molecule has 0 aromatic heterocycles. The summed E-state index contributed by atoms with van der Waals surface area (Å²) in [6, 6.07) is 26.1. The third-order valence-electron chi connectivity index (χ3n) is 6.92. The number of hydrogen-bond acceptors (Lipinski definition) is 6. The van der Waals surface area contributed by atoms with Gasteiger partial charge >= 0.3 is 0 Å². The Kier molecular flexibility index (Phi) is 11.9. The minimum atomic E-state index is -0.245. The topological polar surface area (TPSA) is 95.1 Å². The normalized spacial score (nSPS) is 10.7. The molecule has 0 bridgehead atoms. The SMILES string of the molecule is CCOCCOc1ccccc1C(=O)Nc1ccc(-c2ccc(NC(=O)c3ccccc3OCCOCC)c(C)c2)cc1C. The van der Waals surface area contributed by atoms with E-state index in [9.17, 15) is 9.59 Å². The molecular weight excluding hydrogens is 556 g/mol. The molecule has 0 atom stereocenters. The largest absolute Gasteiger partial charge is 0.490 e. The van der Waals surface area contributed by atoms with Gasteiger partial charge in [-0.2, -0.15) is 0 Å². The Hall–Kier alpha value is -4.66.